The largest absolute Gasteiger partial charge is 0.456 e. The highest BCUT2D eigenvalue weighted by atomic mass is 16.3. The van der Waals surface area contributed by atoms with Gasteiger partial charge in [-0.05, 0) is 95.6 Å². The van der Waals surface area contributed by atoms with Crippen LogP contribution < -0.4 is 0 Å². The van der Waals surface area contributed by atoms with Crippen molar-refractivity contribution >= 4 is 87.5 Å². The van der Waals surface area contributed by atoms with E-state index in [2.05, 4.69) is 179 Å². The van der Waals surface area contributed by atoms with Crippen LogP contribution in [-0.4, -0.2) is 9.13 Å². The van der Waals surface area contributed by atoms with Crippen LogP contribution in [0.25, 0.3) is 121 Å². The van der Waals surface area contributed by atoms with Gasteiger partial charge in [0.1, 0.15) is 22.3 Å². The van der Waals surface area contributed by atoms with Crippen LogP contribution in [0.15, 0.2) is 203 Å². The third-order valence-corrected chi connectivity index (χ3v) is 12.1. The van der Waals surface area contributed by atoms with E-state index in [0.717, 1.165) is 77.4 Å². The Kier molecular flexibility index (Phi) is 7.63. The van der Waals surface area contributed by atoms with Gasteiger partial charge in [-0.15, -0.1) is 0 Å². The smallest absolute Gasteiger partial charge is 0.143 e. The Morgan fingerprint density at radius 1 is 0.300 bits per heavy atom. The van der Waals surface area contributed by atoms with Crippen molar-refractivity contribution < 1.29 is 8.83 Å². The van der Waals surface area contributed by atoms with Crippen LogP contribution in [0, 0.1) is 0 Å². The molecule has 0 N–H and O–H groups in total. The molecule has 4 heteroatoms. The average molecular weight is 771 g/mol. The van der Waals surface area contributed by atoms with Gasteiger partial charge in [-0.3, -0.25) is 0 Å². The third kappa shape index (κ3) is 5.04. The van der Waals surface area contributed by atoms with Crippen LogP contribution >= 0.6 is 0 Å². The number of hydrogen-bond donors (Lipinski definition) is 0. The summed E-state index contributed by atoms with van der Waals surface area (Å²) < 4.78 is 17.7. The summed E-state index contributed by atoms with van der Waals surface area (Å²) in [5.41, 5.74) is 15.0. The van der Waals surface area contributed by atoms with Crippen molar-refractivity contribution in [2.45, 2.75) is 13.8 Å². The number of hydrogen-bond acceptors (Lipinski definition) is 2. The van der Waals surface area contributed by atoms with E-state index in [1.807, 2.05) is 38.1 Å². The lowest BCUT2D eigenvalue weighted by atomic mass is 9.98. The molecule has 284 valence electrons. The first-order valence-electron chi connectivity index (χ1n) is 20.7. The summed E-state index contributed by atoms with van der Waals surface area (Å²) in [5.74, 6) is 0. The van der Waals surface area contributed by atoms with Crippen molar-refractivity contribution in [1.29, 1.82) is 0 Å². The first-order valence-corrected chi connectivity index (χ1v) is 20.7. The van der Waals surface area contributed by atoms with Crippen molar-refractivity contribution in [3.63, 3.8) is 0 Å². The molecule has 60 heavy (non-hydrogen) atoms. The van der Waals surface area contributed by atoms with Gasteiger partial charge in [0, 0.05) is 66.1 Å². The van der Waals surface area contributed by atoms with Crippen LogP contribution in [0.3, 0.4) is 0 Å². The Morgan fingerprint density at radius 2 is 0.800 bits per heavy atom. The van der Waals surface area contributed by atoms with Gasteiger partial charge < -0.3 is 18.0 Å². The quantitative estimate of drug-likeness (QED) is 0.179. The summed E-state index contributed by atoms with van der Waals surface area (Å²) in [7, 11) is 0. The van der Waals surface area contributed by atoms with Crippen LogP contribution in [0.4, 0.5) is 0 Å². The maximum Gasteiger partial charge on any atom is 0.143 e. The molecule has 0 bridgehead atoms. The predicted molar refractivity (Wildman–Crippen MR) is 252 cm³/mol. The van der Waals surface area contributed by atoms with Crippen LogP contribution in [0.2, 0.25) is 0 Å². The zero-order chi connectivity index (χ0) is 39.9. The van der Waals surface area contributed by atoms with Crippen molar-refractivity contribution in [3.05, 3.63) is 194 Å². The fourth-order valence-corrected chi connectivity index (χ4v) is 9.48. The number of nitrogens with zero attached hydrogens (tertiary/aromatic N) is 2. The number of benzene rings is 9. The standard InChI is InChI=1S/C54H32N2O2.C2H6/c1-2-11-36(12-3-1)55-47-18-7-4-13-39(47)44-29-33(21-26-48(44)55)34-22-27-49-45(30-34)46-31-35(38-16-10-17-43-41-15-6-9-20-52(41)58-54(38)43)23-28-50(46)56(49)37-24-25-42-40-14-5-8-19-51(40)57-53(42)32-37;1-2/h1-32H;1-2H3. The van der Waals surface area contributed by atoms with E-state index >= 15 is 0 Å². The molecule has 0 aliphatic carbocycles. The Bertz CT molecular complexity index is 3800. The summed E-state index contributed by atoms with van der Waals surface area (Å²) in [6, 6.07) is 69.6. The first-order chi connectivity index (χ1) is 29.7. The van der Waals surface area contributed by atoms with Gasteiger partial charge in [-0.2, -0.15) is 0 Å². The molecule has 0 saturated carbocycles. The van der Waals surface area contributed by atoms with Crippen molar-refractivity contribution in [2.24, 2.45) is 0 Å². The van der Waals surface area contributed by atoms with Gasteiger partial charge in [-0.1, -0.05) is 123 Å². The lowest BCUT2D eigenvalue weighted by Crippen LogP contribution is -1.93. The van der Waals surface area contributed by atoms with Gasteiger partial charge in [0.05, 0.1) is 22.1 Å². The first kappa shape index (κ1) is 34.2. The maximum atomic E-state index is 6.53. The van der Waals surface area contributed by atoms with Crippen molar-refractivity contribution in [3.8, 4) is 33.6 Å². The molecule has 0 aliphatic heterocycles. The Hall–Kier alpha value is -7.82. The highest BCUT2D eigenvalue weighted by Gasteiger charge is 2.19. The van der Waals surface area contributed by atoms with E-state index in [1.165, 1.54) is 43.7 Å². The summed E-state index contributed by atoms with van der Waals surface area (Å²) in [4.78, 5) is 0. The molecule has 0 amide bonds. The second-order valence-corrected chi connectivity index (χ2v) is 15.3. The van der Waals surface area contributed by atoms with Crippen LogP contribution in [0.5, 0.6) is 0 Å². The molecule has 13 rings (SSSR count). The highest BCUT2D eigenvalue weighted by molar-refractivity contribution is 6.15. The fraction of sp³-hybridized carbons (Fsp3) is 0.0357. The van der Waals surface area contributed by atoms with Crippen LogP contribution in [-0.2, 0) is 0 Å². The Morgan fingerprint density at radius 3 is 1.52 bits per heavy atom. The van der Waals surface area contributed by atoms with E-state index in [9.17, 15) is 0 Å². The van der Waals surface area contributed by atoms with E-state index in [-0.39, 0.29) is 0 Å². The van der Waals surface area contributed by atoms with Crippen LogP contribution in [0.1, 0.15) is 13.8 Å². The lowest BCUT2D eigenvalue weighted by Gasteiger charge is -2.09. The predicted octanol–water partition coefficient (Wildman–Crippen LogP) is 16.0. The molecule has 0 aliphatic rings. The van der Waals surface area contributed by atoms with E-state index in [1.54, 1.807) is 0 Å². The number of furan rings is 2. The van der Waals surface area contributed by atoms with E-state index in [4.69, 9.17) is 8.83 Å². The van der Waals surface area contributed by atoms with Gasteiger partial charge in [-0.25, -0.2) is 0 Å². The summed E-state index contributed by atoms with van der Waals surface area (Å²) in [5, 5.41) is 9.34. The van der Waals surface area contributed by atoms with Crippen molar-refractivity contribution in [2.75, 3.05) is 0 Å². The Balaban J connectivity index is 0.00000191. The van der Waals surface area contributed by atoms with E-state index in [0.29, 0.717) is 0 Å². The minimum absolute atomic E-state index is 0.876. The average Bonchev–Trinajstić information content (AvgIpc) is 4.07. The molecular weight excluding hydrogens is 733 g/mol. The molecule has 13 aromatic rings. The van der Waals surface area contributed by atoms with E-state index < -0.39 is 0 Å². The second kappa shape index (κ2) is 13.4. The fourth-order valence-electron chi connectivity index (χ4n) is 9.48. The molecule has 0 atom stereocenters. The molecule has 9 aromatic carbocycles. The molecule has 4 nitrogen and oxygen atoms in total. The summed E-state index contributed by atoms with van der Waals surface area (Å²) in [6.07, 6.45) is 0. The molecule has 0 radical (unpaired) electrons. The topological polar surface area (TPSA) is 36.1 Å². The normalized spacial score (nSPS) is 11.8. The minimum Gasteiger partial charge on any atom is -0.456 e. The molecule has 0 fully saturated rings. The number of rotatable bonds is 4. The number of fused-ring (bicyclic) bond motifs is 12. The molecular formula is C56H38N2O2. The molecule has 0 spiro atoms. The second-order valence-electron chi connectivity index (χ2n) is 15.3. The maximum absolute atomic E-state index is 6.53. The number of aromatic nitrogens is 2. The molecule has 0 saturated heterocycles. The lowest BCUT2D eigenvalue weighted by molar-refractivity contribution is 0.668. The highest BCUT2D eigenvalue weighted by Crippen LogP contribution is 2.42. The minimum atomic E-state index is 0.876. The zero-order valence-corrected chi connectivity index (χ0v) is 33.2. The van der Waals surface area contributed by atoms with Crippen molar-refractivity contribution in [1.82, 2.24) is 9.13 Å². The summed E-state index contributed by atoms with van der Waals surface area (Å²) >= 11 is 0. The van der Waals surface area contributed by atoms with Gasteiger partial charge in [0.25, 0.3) is 0 Å². The molecule has 4 heterocycles. The monoisotopic (exact) mass is 770 g/mol. The van der Waals surface area contributed by atoms with Gasteiger partial charge in [0.15, 0.2) is 0 Å². The molecule has 4 aromatic heterocycles. The van der Waals surface area contributed by atoms with Gasteiger partial charge >= 0.3 is 0 Å². The zero-order valence-electron chi connectivity index (χ0n) is 33.2. The SMILES string of the molecule is CC.c1ccc(-n2c3ccccc3c3cc(-c4ccc5c(c4)c4cc(-c6cccc7c6oc6ccccc67)ccc4n5-c4ccc5c(c4)oc4ccccc45)ccc32)cc1. The van der Waals surface area contributed by atoms with Gasteiger partial charge in [0.2, 0.25) is 0 Å². The summed E-state index contributed by atoms with van der Waals surface area (Å²) in [6.45, 7) is 4.00. The molecule has 0 unspecified atom stereocenters. The number of para-hydroxylation sites is 5. The third-order valence-electron chi connectivity index (χ3n) is 12.1. The Labute approximate surface area is 345 Å².